The van der Waals surface area contributed by atoms with Crippen molar-refractivity contribution in [1.29, 1.82) is 0 Å². The Labute approximate surface area is 253 Å². The zero-order valence-electron chi connectivity index (χ0n) is 26.0. The first-order valence-corrected chi connectivity index (χ1v) is 16.9. The van der Waals surface area contributed by atoms with E-state index in [1.807, 2.05) is 0 Å². The fraction of sp³-hybridized carbons (Fsp3) is 0.969. The Morgan fingerprint density at radius 2 is 1.43 bits per heavy atom. The Morgan fingerprint density at radius 3 is 2.00 bits per heavy atom. The number of unbranched alkanes of at least 4 members (excludes halogenated alkanes) is 11. The van der Waals surface area contributed by atoms with Crippen molar-refractivity contribution in [2.24, 2.45) is 5.92 Å². The molecule has 1 saturated heterocycles. The SMILES string of the molecule is CCCCCCCCCCCCCC[C@@H](O)[C@@H](O)[C@H](CO[C@H]1O[C@H](CO)[C@H](O)[C@H](O)[C@H]1O)NC(=O)CCC1CCCC1. The number of hydrogen-bond donors (Lipinski definition) is 7. The monoisotopic (exact) mass is 603 g/mol. The van der Waals surface area contributed by atoms with Crippen LogP contribution >= 0.6 is 0 Å². The smallest absolute Gasteiger partial charge is 0.220 e. The van der Waals surface area contributed by atoms with Crippen LogP contribution in [0.2, 0.25) is 0 Å². The number of carbonyl (C=O) groups excluding carboxylic acids is 1. The maximum absolute atomic E-state index is 12.8. The third-order valence-electron chi connectivity index (χ3n) is 9.05. The van der Waals surface area contributed by atoms with Gasteiger partial charge in [-0.25, -0.2) is 0 Å². The van der Waals surface area contributed by atoms with Crippen LogP contribution in [-0.4, -0.2) is 98.7 Å². The van der Waals surface area contributed by atoms with Crippen molar-refractivity contribution < 1.29 is 44.9 Å². The summed E-state index contributed by atoms with van der Waals surface area (Å²) in [5.74, 6) is 0.279. The molecule has 0 radical (unpaired) electrons. The maximum Gasteiger partial charge on any atom is 0.220 e. The first kappa shape index (κ1) is 37.3. The fourth-order valence-corrected chi connectivity index (χ4v) is 6.18. The molecule has 248 valence electrons. The van der Waals surface area contributed by atoms with E-state index in [-0.39, 0.29) is 12.5 Å². The van der Waals surface area contributed by atoms with E-state index in [1.54, 1.807) is 0 Å². The summed E-state index contributed by atoms with van der Waals surface area (Å²) in [4.78, 5) is 12.8. The minimum Gasteiger partial charge on any atom is -0.394 e. The summed E-state index contributed by atoms with van der Waals surface area (Å²) in [6, 6.07) is -0.972. The fourth-order valence-electron chi connectivity index (χ4n) is 6.18. The number of aliphatic hydroxyl groups is 6. The van der Waals surface area contributed by atoms with Crippen molar-refractivity contribution >= 4 is 5.91 Å². The molecule has 10 nitrogen and oxygen atoms in total. The molecule has 0 aromatic carbocycles. The minimum atomic E-state index is -1.60. The van der Waals surface area contributed by atoms with Gasteiger partial charge in [-0.3, -0.25) is 4.79 Å². The van der Waals surface area contributed by atoms with Crippen molar-refractivity contribution in [2.45, 2.75) is 178 Å². The van der Waals surface area contributed by atoms with Gasteiger partial charge in [0.25, 0.3) is 0 Å². The second-order valence-electron chi connectivity index (χ2n) is 12.6. The zero-order valence-corrected chi connectivity index (χ0v) is 26.0. The molecule has 0 spiro atoms. The second kappa shape index (κ2) is 21.8. The first-order valence-electron chi connectivity index (χ1n) is 16.9. The maximum atomic E-state index is 12.8. The summed E-state index contributed by atoms with van der Waals surface area (Å²) >= 11 is 0. The molecule has 1 amide bonds. The number of amides is 1. The Morgan fingerprint density at radius 1 is 0.857 bits per heavy atom. The lowest BCUT2D eigenvalue weighted by Gasteiger charge is -2.40. The van der Waals surface area contributed by atoms with Crippen LogP contribution < -0.4 is 5.32 Å². The molecule has 2 rings (SSSR count). The molecular formula is C32H61NO9. The highest BCUT2D eigenvalue weighted by Gasteiger charge is 2.44. The van der Waals surface area contributed by atoms with Crippen LogP contribution in [0.25, 0.3) is 0 Å². The molecule has 2 aliphatic rings. The van der Waals surface area contributed by atoms with E-state index in [4.69, 9.17) is 9.47 Å². The molecule has 2 fully saturated rings. The lowest BCUT2D eigenvalue weighted by molar-refractivity contribution is -0.303. The quantitative estimate of drug-likeness (QED) is 0.0868. The van der Waals surface area contributed by atoms with Gasteiger partial charge in [0, 0.05) is 6.42 Å². The predicted molar refractivity (Wildman–Crippen MR) is 161 cm³/mol. The van der Waals surface area contributed by atoms with Gasteiger partial charge in [-0.15, -0.1) is 0 Å². The average Bonchev–Trinajstić information content (AvgIpc) is 3.52. The molecule has 10 heteroatoms. The van der Waals surface area contributed by atoms with Crippen molar-refractivity contribution in [1.82, 2.24) is 5.32 Å². The molecule has 42 heavy (non-hydrogen) atoms. The van der Waals surface area contributed by atoms with Crippen LogP contribution in [0.4, 0.5) is 0 Å². The highest BCUT2D eigenvalue weighted by molar-refractivity contribution is 5.76. The summed E-state index contributed by atoms with van der Waals surface area (Å²) < 4.78 is 11.0. The number of hydrogen-bond acceptors (Lipinski definition) is 9. The standard InChI is InChI=1S/C32H61NO9/c1-2-3-4-5-6-7-8-9-10-11-12-13-18-25(35)28(37)24(33-27(36)20-19-23-16-14-15-17-23)22-41-32-31(40)30(39)29(38)26(21-34)42-32/h23-26,28-32,34-35,37-40H,2-22H2,1H3,(H,33,36)/t24-,25+,26+,28-,29-,30-,31+,32-/m0/s1. The van der Waals surface area contributed by atoms with Gasteiger partial charge in [-0.05, 0) is 18.8 Å². The topological polar surface area (TPSA) is 169 Å². The molecule has 0 bridgehead atoms. The van der Waals surface area contributed by atoms with Gasteiger partial charge in [0.15, 0.2) is 6.29 Å². The number of carbonyl (C=O) groups is 1. The van der Waals surface area contributed by atoms with E-state index in [1.165, 1.54) is 70.6 Å². The Balaban J connectivity index is 1.78. The Hall–Kier alpha value is -0.850. The van der Waals surface area contributed by atoms with E-state index in [0.29, 0.717) is 18.8 Å². The lowest BCUT2D eigenvalue weighted by Crippen LogP contribution is -2.60. The summed E-state index contributed by atoms with van der Waals surface area (Å²) in [5, 5.41) is 64.4. The van der Waals surface area contributed by atoms with E-state index < -0.39 is 55.6 Å². The molecule has 0 unspecified atom stereocenters. The van der Waals surface area contributed by atoms with Crippen LogP contribution in [0.5, 0.6) is 0 Å². The third-order valence-corrected chi connectivity index (χ3v) is 9.05. The van der Waals surface area contributed by atoms with Gasteiger partial charge in [-0.1, -0.05) is 110 Å². The van der Waals surface area contributed by atoms with Gasteiger partial charge in [0.1, 0.15) is 30.5 Å². The van der Waals surface area contributed by atoms with Crippen LogP contribution in [-0.2, 0) is 14.3 Å². The normalized spacial score (nSPS) is 27.2. The van der Waals surface area contributed by atoms with Gasteiger partial charge in [0.05, 0.1) is 25.4 Å². The van der Waals surface area contributed by atoms with Crippen molar-refractivity contribution in [3.63, 3.8) is 0 Å². The van der Waals surface area contributed by atoms with Crippen LogP contribution in [0, 0.1) is 5.92 Å². The van der Waals surface area contributed by atoms with E-state index >= 15 is 0 Å². The number of aliphatic hydroxyl groups excluding tert-OH is 6. The predicted octanol–water partition coefficient (Wildman–Crippen LogP) is 3.07. The molecular weight excluding hydrogens is 542 g/mol. The molecule has 1 heterocycles. The van der Waals surface area contributed by atoms with Gasteiger partial charge >= 0.3 is 0 Å². The largest absolute Gasteiger partial charge is 0.394 e. The Kier molecular flexibility index (Phi) is 19.4. The van der Waals surface area contributed by atoms with Crippen LogP contribution in [0.1, 0.15) is 129 Å². The molecule has 8 atom stereocenters. The van der Waals surface area contributed by atoms with Crippen molar-refractivity contribution in [3.8, 4) is 0 Å². The number of ether oxygens (including phenoxy) is 2. The highest BCUT2D eigenvalue weighted by Crippen LogP contribution is 2.28. The first-order chi connectivity index (χ1) is 20.3. The number of rotatable bonds is 23. The molecule has 1 aliphatic carbocycles. The second-order valence-corrected chi connectivity index (χ2v) is 12.6. The molecule has 7 N–H and O–H groups in total. The lowest BCUT2D eigenvalue weighted by atomic mass is 9.98. The molecule has 0 aromatic heterocycles. The van der Waals surface area contributed by atoms with Crippen LogP contribution in [0.3, 0.4) is 0 Å². The van der Waals surface area contributed by atoms with Gasteiger partial charge in [0.2, 0.25) is 5.91 Å². The molecule has 0 aromatic rings. The van der Waals surface area contributed by atoms with E-state index in [9.17, 15) is 35.4 Å². The van der Waals surface area contributed by atoms with Gasteiger partial charge < -0.3 is 45.4 Å². The van der Waals surface area contributed by atoms with E-state index in [0.717, 1.165) is 38.5 Å². The summed E-state index contributed by atoms with van der Waals surface area (Å²) in [7, 11) is 0. The van der Waals surface area contributed by atoms with E-state index in [2.05, 4.69) is 12.2 Å². The van der Waals surface area contributed by atoms with Crippen molar-refractivity contribution in [3.05, 3.63) is 0 Å². The third kappa shape index (κ3) is 13.8. The molecule has 1 aliphatic heterocycles. The Bertz CT molecular complexity index is 691. The highest BCUT2D eigenvalue weighted by atomic mass is 16.7. The summed E-state index contributed by atoms with van der Waals surface area (Å²) in [6.07, 6.45) is 10.8. The van der Waals surface area contributed by atoms with Crippen LogP contribution in [0.15, 0.2) is 0 Å². The average molecular weight is 604 g/mol. The molecule has 1 saturated carbocycles. The summed E-state index contributed by atoms with van der Waals surface area (Å²) in [5.41, 5.74) is 0. The minimum absolute atomic E-state index is 0.249. The zero-order chi connectivity index (χ0) is 30.7. The summed E-state index contributed by atoms with van der Waals surface area (Å²) in [6.45, 7) is 1.35. The van der Waals surface area contributed by atoms with Crippen molar-refractivity contribution in [2.75, 3.05) is 13.2 Å². The van der Waals surface area contributed by atoms with Gasteiger partial charge in [-0.2, -0.15) is 0 Å². The number of nitrogens with one attached hydrogen (secondary N) is 1.